The van der Waals surface area contributed by atoms with Crippen molar-refractivity contribution in [2.45, 2.75) is 35.7 Å². The minimum atomic E-state index is -4.57. The molecule has 7 rings (SSSR count). The van der Waals surface area contributed by atoms with E-state index in [0.717, 1.165) is 44.5 Å². The van der Waals surface area contributed by atoms with E-state index in [1.165, 1.54) is 23.5 Å². The number of nitrogens with one attached hydrogen (secondary N) is 1. The Balaban J connectivity index is 1.30. The maximum atomic E-state index is 13.7. The van der Waals surface area contributed by atoms with Crippen molar-refractivity contribution in [2.24, 2.45) is 29.6 Å². The third kappa shape index (κ3) is 3.27. The molecule has 2 aromatic carbocycles. The minimum absolute atomic E-state index is 0.0206. The molecule has 3 heterocycles. The van der Waals surface area contributed by atoms with Crippen molar-refractivity contribution in [1.29, 1.82) is 0 Å². The first-order valence-electron chi connectivity index (χ1n) is 12.1. The van der Waals surface area contributed by atoms with Crippen LogP contribution >= 0.6 is 23.1 Å². The third-order valence-corrected chi connectivity index (χ3v) is 11.2. The van der Waals surface area contributed by atoms with Gasteiger partial charge in [-0.1, -0.05) is 47.2 Å². The number of halogens is 3. The van der Waals surface area contributed by atoms with Crippen LogP contribution in [-0.2, 0) is 15.8 Å². The lowest BCUT2D eigenvalue weighted by molar-refractivity contribution is -0.137. The van der Waals surface area contributed by atoms with Crippen LogP contribution in [0.4, 0.5) is 18.9 Å². The Hall–Kier alpha value is -2.85. The minimum Gasteiger partial charge on any atom is -0.307 e. The molecule has 1 N–H and O–H groups in total. The van der Waals surface area contributed by atoms with E-state index >= 15 is 0 Å². The Morgan fingerprint density at radius 3 is 2.38 bits per heavy atom. The molecule has 1 saturated heterocycles. The number of H-pyrrole nitrogens is 1. The van der Waals surface area contributed by atoms with Crippen molar-refractivity contribution in [3.05, 3.63) is 79.8 Å². The first kappa shape index (κ1) is 23.3. The summed E-state index contributed by atoms with van der Waals surface area (Å²) in [4.78, 5) is 44.5. The molecule has 2 bridgehead atoms. The summed E-state index contributed by atoms with van der Waals surface area (Å²) >= 11 is 2.79. The number of alkyl halides is 3. The zero-order valence-electron chi connectivity index (χ0n) is 19.5. The molecule has 2 aliphatic carbocycles. The van der Waals surface area contributed by atoms with E-state index in [-0.39, 0.29) is 39.5 Å². The second kappa shape index (κ2) is 7.83. The lowest BCUT2D eigenvalue weighted by Crippen LogP contribution is -2.42. The van der Waals surface area contributed by atoms with E-state index in [1.54, 1.807) is 11.8 Å². The maximum Gasteiger partial charge on any atom is 0.416 e. The Labute approximate surface area is 218 Å². The molecule has 4 aliphatic rings. The molecule has 1 aromatic heterocycles. The highest BCUT2D eigenvalue weighted by molar-refractivity contribution is 8.00. The average Bonchev–Trinajstić information content (AvgIpc) is 3.58. The molecule has 10 heteroatoms. The van der Waals surface area contributed by atoms with Gasteiger partial charge in [-0.05, 0) is 54.9 Å². The number of benzene rings is 2. The number of aromatic amines is 1. The lowest BCUT2D eigenvalue weighted by Gasteiger charge is -2.43. The van der Waals surface area contributed by atoms with Gasteiger partial charge in [0.1, 0.15) is 0 Å². The number of aromatic nitrogens is 1. The number of anilines is 1. The van der Waals surface area contributed by atoms with Crippen molar-refractivity contribution in [2.75, 3.05) is 4.90 Å². The van der Waals surface area contributed by atoms with Crippen LogP contribution in [0.5, 0.6) is 0 Å². The van der Waals surface area contributed by atoms with Crippen LogP contribution in [0.3, 0.4) is 0 Å². The summed E-state index contributed by atoms with van der Waals surface area (Å²) in [5, 5.41) is 0.867. The number of fused-ring (bicyclic) bond motifs is 9. The highest BCUT2D eigenvalue weighted by Gasteiger charge is 2.69. The van der Waals surface area contributed by atoms with E-state index in [2.05, 4.69) is 17.1 Å². The molecule has 0 radical (unpaired) electrons. The molecule has 0 unspecified atom stereocenters. The molecule has 3 fully saturated rings. The van der Waals surface area contributed by atoms with E-state index in [4.69, 9.17) is 0 Å². The van der Waals surface area contributed by atoms with Gasteiger partial charge < -0.3 is 4.98 Å². The number of imide groups is 1. The SMILES string of the molecule is Cc1ccc([C@H]2c3sc(=O)[nH]c3S[C@@H]3[C@@H]4C[C@H]([C@H]5C(=O)N(c6cccc(C(F)(F)F)c6)C(=O)[C@H]45)[C@H]23)cc1. The first-order valence-corrected chi connectivity index (χ1v) is 13.8. The summed E-state index contributed by atoms with van der Waals surface area (Å²) in [6, 6.07) is 12.7. The van der Waals surface area contributed by atoms with Crippen LogP contribution in [-0.4, -0.2) is 22.0 Å². The normalized spacial score (nSPS) is 32.0. The van der Waals surface area contributed by atoms with Gasteiger partial charge in [-0.3, -0.25) is 19.3 Å². The van der Waals surface area contributed by atoms with Crippen molar-refractivity contribution >= 4 is 40.6 Å². The van der Waals surface area contributed by atoms with Gasteiger partial charge in [0.05, 0.1) is 28.1 Å². The van der Waals surface area contributed by atoms with Gasteiger partial charge in [0, 0.05) is 16.0 Å². The fourth-order valence-electron chi connectivity index (χ4n) is 7.24. The van der Waals surface area contributed by atoms with Crippen LogP contribution in [0.15, 0.2) is 58.4 Å². The van der Waals surface area contributed by atoms with Crippen LogP contribution in [0.1, 0.15) is 33.9 Å². The number of rotatable bonds is 2. The van der Waals surface area contributed by atoms with Gasteiger partial charge in [-0.25, -0.2) is 0 Å². The van der Waals surface area contributed by atoms with Gasteiger partial charge in [0.2, 0.25) is 11.8 Å². The summed E-state index contributed by atoms with van der Waals surface area (Å²) in [7, 11) is 0. The highest BCUT2D eigenvalue weighted by Crippen LogP contribution is 2.68. The predicted molar refractivity (Wildman–Crippen MR) is 134 cm³/mol. The summed E-state index contributed by atoms with van der Waals surface area (Å²) in [5.74, 6) is -2.11. The monoisotopic (exact) mass is 542 g/mol. The molecule has 2 saturated carbocycles. The van der Waals surface area contributed by atoms with E-state index < -0.39 is 35.4 Å². The largest absolute Gasteiger partial charge is 0.416 e. The fraction of sp³-hybridized carbons (Fsp3) is 0.370. The van der Waals surface area contributed by atoms with Gasteiger partial charge in [0.25, 0.3) is 0 Å². The number of carbonyl (C=O) groups excluding carboxylic acids is 2. The topological polar surface area (TPSA) is 70.2 Å². The maximum absolute atomic E-state index is 13.7. The molecular formula is C27H21F3N2O3S2. The Morgan fingerprint density at radius 1 is 0.973 bits per heavy atom. The Kier molecular flexibility index (Phi) is 4.93. The fourth-order valence-corrected chi connectivity index (χ4v) is 10.1. The van der Waals surface area contributed by atoms with Crippen molar-refractivity contribution in [3.8, 4) is 0 Å². The first-order chi connectivity index (χ1) is 17.6. The van der Waals surface area contributed by atoms with Crippen LogP contribution in [0.2, 0.25) is 0 Å². The van der Waals surface area contributed by atoms with Crippen molar-refractivity contribution in [3.63, 3.8) is 0 Å². The van der Waals surface area contributed by atoms with E-state index in [9.17, 15) is 27.6 Å². The molecule has 0 spiro atoms. The smallest absolute Gasteiger partial charge is 0.307 e. The van der Waals surface area contributed by atoms with Crippen LogP contribution in [0.25, 0.3) is 0 Å². The molecule has 3 aromatic rings. The van der Waals surface area contributed by atoms with Gasteiger partial charge in [0.15, 0.2) is 0 Å². The molecule has 37 heavy (non-hydrogen) atoms. The van der Waals surface area contributed by atoms with Crippen molar-refractivity contribution in [1.82, 2.24) is 4.98 Å². The average molecular weight is 543 g/mol. The second-order valence-corrected chi connectivity index (χ2v) is 12.6. The molecule has 2 amide bonds. The molecule has 190 valence electrons. The number of nitrogens with zero attached hydrogens (tertiary/aromatic N) is 1. The highest BCUT2D eigenvalue weighted by atomic mass is 32.2. The molecular weight excluding hydrogens is 521 g/mol. The molecule has 7 atom stereocenters. The number of hydrogen-bond donors (Lipinski definition) is 1. The Bertz CT molecular complexity index is 1510. The number of thioether (sulfide) groups is 1. The van der Waals surface area contributed by atoms with E-state index in [1.807, 2.05) is 19.1 Å². The number of amides is 2. The van der Waals surface area contributed by atoms with Crippen molar-refractivity contribution < 1.29 is 22.8 Å². The summed E-state index contributed by atoms with van der Waals surface area (Å²) in [6.45, 7) is 2.01. The van der Waals surface area contributed by atoms with Gasteiger partial charge in [-0.15, -0.1) is 11.8 Å². The summed E-state index contributed by atoms with van der Waals surface area (Å²) < 4.78 is 40.1. The zero-order chi connectivity index (χ0) is 25.8. The Morgan fingerprint density at radius 2 is 1.68 bits per heavy atom. The van der Waals surface area contributed by atoms with Crippen LogP contribution < -0.4 is 9.77 Å². The van der Waals surface area contributed by atoms with E-state index in [0.29, 0.717) is 0 Å². The number of thiazole rings is 1. The molecule has 2 aliphatic heterocycles. The predicted octanol–water partition coefficient (Wildman–Crippen LogP) is 5.44. The van der Waals surface area contributed by atoms with Gasteiger partial charge >= 0.3 is 11.0 Å². The summed E-state index contributed by atoms with van der Waals surface area (Å²) in [5.41, 5.74) is 1.29. The number of aryl methyl sites for hydroxylation is 1. The number of carbonyl (C=O) groups is 2. The second-order valence-electron chi connectivity index (χ2n) is 10.4. The quantitative estimate of drug-likeness (QED) is 0.438. The zero-order valence-corrected chi connectivity index (χ0v) is 21.1. The molecule has 5 nitrogen and oxygen atoms in total. The van der Waals surface area contributed by atoms with Crippen LogP contribution in [0, 0.1) is 36.5 Å². The van der Waals surface area contributed by atoms with Gasteiger partial charge in [-0.2, -0.15) is 13.2 Å². The third-order valence-electron chi connectivity index (χ3n) is 8.59. The number of hydrogen-bond acceptors (Lipinski definition) is 5. The summed E-state index contributed by atoms with van der Waals surface area (Å²) in [6.07, 6.45) is -3.84. The lowest BCUT2D eigenvalue weighted by atomic mass is 9.68. The standard InChI is InChI=1S/C27H21F3N2O3S2/c1-11-5-7-12(8-6-11)17-18-15-10-16(21(18)36-23-22(17)37-26(35)31-23)20-19(15)24(33)32(25(20)34)14-4-2-3-13(9-14)27(28,29)30/h2-9,15-21H,10H2,1H3,(H,31,35)/t15-,16+,17+,18+,19+,20+,21+/m0/s1.